The van der Waals surface area contributed by atoms with E-state index in [1.807, 2.05) is 25.9 Å². The zero-order valence-electron chi connectivity index (χ0n) is 18.0. The van der Waals surface area contributed by atoms with Gasteiger partial charge < -0.3 is 19.6 Å². The summed E-state index contributed by atoms with van der Waals surface area (Å²) in [5.74, 6) is -1.57. The van der Waals surface area contributed by atoms with Crippen molar-refractivity contribution in [2.75, 3.05) is 33.8 Å². The second kappa shape index (κ2) is 9.75. The lowest BCUT2D eigenvalue weighted by Gasteiger charge is -2.26. The zero-order valence-corrected chi connectivity index (χ0v) is 18.0. The molecule has 1 saturated heterocycles. The number of halogens is 1. The monoisotopic (exact) mass is 426 g/mol. The van der Waals surface area contributed by atoms with Crippen molar-refractivity contribution in [2.24, 2.45) is 0 Å². The summed E-state index contributed by atoms with van der Waals surface area (Å²) in [6.07, 6.45) is 0.665. The molecule has 1 aliphatic heterocycles. The molecule has 7 heteroatoms. The Kier molecular flexibility index (Phi) is 7.07. The van der Waals surface area contributed by atoms with E-state index >= 15 is 0 Å². The Morgan fingerprint density at radius 2 is 1.87 bits per heavy atom. The second-order valence-corrected chi connectivity index (χ2v) is 7.66. The minimum absolute atomic E-state index is 0.00453. The van der Waals surface area contributed by atoms with Crippen molar-refractivity contribution < 1.29 is 23.8 Å². The Hall–Kier alpha value is -3.19. The highest BCUT2D eigenvalue weighted by atomic mass is 19.1. The number of hydrogen-bond donors (Lipinski definition) is 1. The van der Waals surface area contributed by atoms with E-state index in [2.05, 4.69) is 0 Å². The van der Waals surface area contributed by atoms with Crippen LogP contribution in [0.3, 0.4) is 0 Å². The molecule has 1 atom stereocenters. The second-order valence-electron chi connectivity index (χ2n) is 7.66. The number of carbonyl (C=O) groups is 2. The first kappa shape index (κ1) is 22.5. The predicted molar refractivity (Wildman–Crippen MR) is 116 cm³/mol. The normalized spacial score (nSPS) is 18.1. The molecule has 31 heavy (non-hydrogen) atoms. The van der Waals surface area contributed by atoms with Crippen molar-refractivity contribution in [3.63, 3.8) is 0 Å². The molecule has 0 bridgehead atoms. The maximum absolute atomic E-state index is 13.3. The van der Waals surface area contributed by atoms with Crippen molar-refractivity contribution in [1.29, 1.82) is 0 Å². The minimum Gasteiger partial charge on any atom is -0.507 e. The molecule has 0 radical (unpaired) electrons. The third kappa shape index (κ3) is 4.94. The Morgan fingerprint density at radius 3 is 2.52 bits per heavy atom. The summed E-state index contributed by atoms with van der Waals surface area (Å²) < 4.78 is 18.9. The minimum atomic E-state index is -0.757. The Labute approximate surface area is 181 Å². The van der Waals surface area contributed by atoms with E-state index < -0.39 is 23.5 Å². The van der Waals surface area contributed by atoms with Crippen LogP contribution in [-0.2, 0) is 9.59 Å². The van der Waals surface area contributed by atoms with Crippen LogP contribution in [0, 0.1) is 5.82 Å². The molecular weight excluding hydrogens is 399 g/mol. The van der Waals surface area contributed by atoms with Crippen molar-refractivity contribution in [3.8, 4) is 5.75 Å². The highest BCUT2D eigenvalue weighted by Gasteiger charge is 2.45. The number of carbonyl (C=O) groups excluding carboxylic acids is 2. The summed E-state index contributed by atoms with van der Waals surface area (Å²) in [5, 5.41) is 11.0. The van der Waals surface area contributed by atoms with Crippen LogP contribution in [0.2, 0.25) is 0 Å². The van der Waals surface area contributed by atoms with Crippen LogP contribution in [0.15, 0.2) is 54.1 Å². The molecule has 1 unspecified atom stereocenters. The number of benzene rings is 2. The summed E-state index contributed by atoms with van der Waals surface area (Å²) >= 11 is 0. The largest absolute Gasteiger partial charge is 0.507 e. The predicted octanol–water partition coefficient (Wildman–Crippen LogP) is 3.60. The lowest BCUT2D eigenvalue weighted by Crippen LogP contribution is -2.32. The number of ketones is 1. The molecule has 0 aromatic heterocycles. The van der Waals surface area contributed by atoms with Gasteiger partial charge in [0.25, 0.3) is 11.7 Å². The van der Waals surface area contributed by atoms with Crippen LogP contribution in [-0.4, -0.2) is 60.4 Å². The zero-order chi connectivity index (χ0) is 22.5. The molecule has 1 aliphatic rings. The number of hydrogen-bond acceptors (Lipinski definition) is 5. The van der Waals surface area contributed by atoms with Gasteiger partial charge in [0.2, 0.25) is 0 Å². The average Bonchev–Trinajstić information content (AvgIpc) is 2.99. The number of Topliss-reactive ketones (excluding diaryl/α,β-unsaturated/α-hetero) is 1. The van der Waals surface area contributed by atoms with Gasteiger partial charge in [-0.1, -0.05) is 12.1 Å². The van der Waals surface area contributed by atoms with Gasteiger partial charge in [-0.2, -0.15) is 0 Å². The van der Waals surface area contributed by atoms with Crippen molar-refractivity contribution in [1.82, 2.24) is 9.80 Å². The summed E-state index contributed by atoms with van der Waals surface area (Å²) in [4.78, 5) is 29.4. The lowest BCUT2D eigenvalue weighted by molar-refractivity contribution is -0.139. The molecule has 0 saturated carbocycles. The summed E-state index contributed by atoms with van der Waals surface area (Å²) in [6.45, 7) is 3.44. The molecule has 0 aliphatic carbocycles. The SMILES string of the molecule is CCOc1cccc(C2/C(=C(\O)c3ccc(F)cc3)C(=O)C(=O)N2CCCN(C)C)c1. The fraction of sp³-hybridized carbons (Fsp3) is 0.333. The average molecular weight is 426 g/mol. The molecule has 2 aromatic carbocycles. The third-order valence-corrected chi connectivity index (χ3v) is 5.15. The molecule has 0 spiro atoms. The van der Waals surface area contributed by atoms with E-state index in [-0.39, 0.29) is 16.9 Å². The van der Waals surface area contributed by atoms with E-state index in [1.54, 1.807) is 24.3 Å². The number of aliphatic hydroxyl groups is 1. The third-order valence-electron chi connectivity index (χ3n) is 5.15. The smallest absolute Gasteiger partial charge is 0.295 e. The van der Waals surface area contributed by atoms with Gasteiger partial charge in [0.15, 0.2) is 0 Å². The standard InChI is InChI=1S/C24H27FN2O4/c1-4-31-19-8-5-7-17(15-19)21-20(22(28)16-9-11-18(25)12-10-16)23(29)24(30)27(21)14-6-13-26(2)3/h5,7-12,15,21,28H,4,6,13-14H2,1-3H3/b22-20+. The van der Waals surface area contributed by atoms with E-state index in [4.69, 9.17) is 4.74 Å². The molecule has 1 heterocycles. The topological polar surface area (TPSA) is 70.1 Å². The Bertz CT molecular complexity index is 985. The van der Waals surface area contributed by atoms with Crippen molar-refractivity contribution in [2.45, 2.75) is 19.4 Å². The van der Waals surface area contributed by atoms with Crippen LogP contribution in [0.4, 0.5) is 4.39 Å². The molecule has 6 nitrogen and oxygen atoms in total. The number of rotatable bonds is 8. The number of amides is 1. The van der Waals surface area contributed by atoms with Crippen LogP contribution in [0.5, 0.6) is 5.75 Å². The molecular formula is C24H27FN2O4. The number of nitrogens with zero attached hydrogens (tertiary/aromatic N) is 2. The fourth-order valence-corrected chi connectivity index (χ4v) is 3.72. The Morgan fingerprint density at radius 1 is 1.16 bits per heavy atom. The molecule has 1 amide bonds. The van der Waals surface area contributed by atoms with E-state index in [0.29, 0.717) is 30.9 Å². The van der Waals surface area contributed by atoms with Gasteiger partial charge in [0.05, 0.1) is 18.2 Å². The maximum atomic E-state index is 13.3. The van der Waals surface area contributed by atoms with Crippen LogP contribution in [0.1, 0.15) is 30.5 Å². The highest BCUT2D eigenvalue weighted by molar-refractivity contribution is 6.46. The van der Waals surface area contributed by atoms with Crippen LogP contribution in [0.25, 0.3) is 5.76 Å². The van der Waals surface area contributed by atoms with Gasteiger partial charge >= 0.3 is 0 Å². The highest BCUT2D eigenvalue weighted by Crippen LogP contribution is 2.40. The molecule has 1 fully saturated rings. The first-order chi connectivity index (χ1) is 14.8. The van der Waals surface area contributed by atoms with Gasteiger partial charge in [0, 0.05) is 12.1 Å². The summed E-state index contributed by atoms with van der Waals surface area (Å²) in [5.41, 5.74) is 0.937. The van der Waals surface area contributed by atoms with E-state index in [1.165, 1.54) is 29.2 Å². The quantitative estimate of drug-likeness (QED) is 0.397. The molecule has 1 N–H and O–H groups in total. The Balaban J connectivity index is 2.09. The number of likely N-dealkylation sites (tertiary alicyclic amines) is 1. The van der Waals surface area contributed by atoms with E-state index in [0.717, 1.165) is 6.54 Å². The number of aliphatic hydroxyl groups excluding tert-OH is 1. The molecule has 164 valence electrons. The van der Waals surface area contributed by atoms with Gasteiger partial charge in [0.1, 0.15) is 17.3 Å². The van der Waals surface area contributed by atoms with Crippen molar-refractivity contribution >= 4 is 17.4 Å². The van der Waals surface area contributed by atoms with E-state index in [9.17, 15) is 19.1 Å². The molecule has 2 aromatic rings. The van der Waals surface area contributed by atoms with Crippen LogP contribution < -0.4 is 4.74 Å². The van der Waals surface area contributed by atoms with Gasteiger partial charge in [-0.05, 0) is 75.9 Å². The first-order valence-corrected chi connectivity index (χ1v) is 10.2. The van der Waals surface area contributed by atoms with Gasteiger partial charge in [-0.25, -0.2) is 4.39 Å². The summed E-state index contributed by atoms with van der Waals surface area (Å²) in [6, 6.07) is 11.6. The van der Waals surface area contributed by atoms with Crippen LogP contribution >= 0.6 is 0 Å². The fourth-order valence-electron chi connectivity index (χ4n) is 3.72. The first-order valence-electron chi connectivity index (χ1n) is 10.2. The summed E-state index contributed by atoms with van der Waals surface area (Å²) in [7, 11) is 3.87. The van der Waals surface area contributed by atoms with Gasteiger partial charge in [-0.3, -0.25) is 9.59 Å². The lowest BCUT2D eigenvalue weighted by atomic mass is 9.95. The molecule has 3 rings (SSSR count). The maximum Gasteiger partial charge on any atom is 0.295 e. The van der Waals surface area contributed by atoms with Crippen molar-refractivity contribution in [3.05, 3.63) is 71.0 Å². The van der Waals surface area contributed by atoms with Gasteiger partial charge in [-0.15, -0.1) is 0 Å². The number of ether oxygens (including phenoxy) is 1.